The summed E-state index contributed by atoms with van der Waals surface area (Å²) in [5.41, 5.74) is -0.201. The average Bonchev–Trinajstić information content (AvgIpc) is 3.78. The highest BCUT2D eigenvalue weighted by Gasteiger charge is 2.40. The molecule has 1 aliphatic heterocycles. The third kappa shape index (κ3) is 10.3. The third-order valence-corrected chi connectivity index (χ3v) is 8.09. The Balaban J connectivity index is 1.82. The Morgan fingerprint density at radius 2 is 1.75 bits per heavy atom. The van der Waals surface area contributed by atoms with Crippen molar-refractivity contribution in [3.8, 4) is 11.5 Å². The molecule has 10 heteroatoms. The monoisotopic (exact) mass is 617 g/mol. The van der Waals surface area contributed by atoms with Crippen molar-refractivity contribution >= 4 is 17.9 Å². The number of piperidine rings is 1. The van der Waals surface area contributed by atoms with Gasteiger partial charge in [0.15, 0.2) is 11.5 Å². The molecule has 248 valence electrons. The van der Waals surface area contributed by atoms with Crippen LogP contribution in [0.3, 0.4) is 0 Å². The maximum absolute atomic E-state index is 14.1. The summed E-state index contributed by atoms with van der Waals surface area (Å²) in [6, 6.07) is 4.56. The quantitative estimate of drug-likeness (QED) is 0.231. The second-order valence-electron chi connectivity index (χ2n) is 13.4. The Bertz CT molecular complexity index is 1100. The number of carbonyl (C=O) groups is 3. The molecule has 3 amide bonds. The van der Waals surface area contributed by atoms with Gasteiger partial charge in [-0.1, -0.05) is 6.92 Å². The number of hydrogen-bond acceptors (Lipinski definition) is 7. The number of hydrogen-bond donors (Lipinski definition) is 0. The molecule has 0 unspecified atom stereocenters. The second-order valence-corrected chi connectivity index (χ2v) is 13.4. The number of amides is 3. The van der Waals surface area contributed by atoms with Crippen molar-refractivity contribution < 1.29 is 33.3 Å². The van der Waals surface area contributed by atoms with Gasteiger partial charge in [0.2, 0.25) is 5.91 Å². The molecule has 2 aliphatic rings. The van der Waals surface area contributed by atoms with Gasteiger partial charge in [-0.05, 0) is 90.8 Å². The minimum Gasteiger partial charge on any atom is -0.493 e. The van der Waals surface area contributed by atoms with Crippen molar-refractivity contribution in [3.63, 3.8) is 0 Å². The van der Waals surface area contributed by atoms with Crippen LogP contribution in [0.4, 0.5) is 4.79 Å². The molecule has 1 aliphatic carbocycles. The summed E-state index contributed by atoms with van der Waals surface area (Å²) in [5.74, 6) is 1.59. The normalized spacial score (nSPS) is 18.6. The molecule has 0 spiro atoms. The number of ether oxygens (including phenoxy) is 4. The van der Waals surface area contributed by atoms with E-state index in [0.717, 1.165) is 19.5 Å². The number of likely N-dealkylation sites (tertiary alicyclic amines) is 1. The lowest BCUT2D eigenvalue weighted by Gasteiger charge is -2.45. The summed E-state index contributed by atoms with van der Waals surface area (Å²) in [4.78, 5) is 46.6. The molecule has 2 fully saturated rings. The lowest BCUT2D eigenvalue weighted by molar-refractivity contribution is -0.133. The zero-order valence-electron chi connectivity index (χ0n) is 28.2. The van der Waals surface area contributed by atoms with Crippen molar-refractivity contribution in [2.45, 2.75) is 110 Å². The van der Waals surface area contributed by atoms with E-state index in [1.165, 1.54) is 12.8 Å². The number of methoxy groups -OCH3 is 2. The standard InChI is InChI=1S/C34H55N3O7/c1-9-17-35(22-25-11-12-25)31(38)21-27-14-15-28(23-36(27)33(40)44-34(4,5)6)37(24(2)3)32(39)26-13-16-29(42-8)30(20-26)43-19-10-18-41-7/h13,16,20,24-25,27-28H,9-12,14-15,17-19,21-23H2,1-8H3/t27-,28+/m0/s1. The van der Waals surface area contributed by atoms with E-state index >= 15 is 0 Å². The fraction of sp³-hybridized carbons (Fsp3) is 0.735. The Labute approximate surface area is 264 Å². The van der Waals surface area contributed by atoms with E-state index in [1.54, 1.807) is 37.3 Å². The van der Waals surface area contributed by atoms with Crippen LogP contribution in [0.15, 0.2) is 18.2 Å². The van der Waals surface area contributed by atoms with Crippen LogP contribution in [-0.2, 0) is 14.3 Å². The fourth-order valence-corrected chi connectivity index (χ4v) is 5.80. The van der Waals surface area contributed by atoms with Crippen molar-refractivity contribution in [2.75, 3.05) is 47.1 Å². The summed E-state index contributed by atoms with van der Waals surface area (Å²) in [7, 11) is 3.22. The lowest BCUT2D eigenvalue weighted by Crippen LogP contribution is -2.58. The molecule has 0 radical (unpaired) electrons. The van der Waals surface area contributed by atoms with E-state index < -0.39 is 11.7 Å². The molecule has 0 aromatic heterocycles. The van der Waals surface area contributed by atoms with Crippen molar-refractivity contribution in [3.05, 3.63) is 23.8 Å². The zero-order valence-corrected chi connectivity index (χ0v) is 28.2. The smallest absolute Gasteiger partial charge is 0.410 e. The zero-order chi connectivity index (χ0) is 32.4. The summed E-state index contributed by atoms with van der Waals surface area (Å²) in [6.45, 7) is 14.4. The van der Waals surface area contributed by atoms with Crippen molar-refractivity contribution in [2.24, 2.45) is 5.92 Å². The van der Waals surface area contributed by atoms with E-state index in [2.05, 4.69) is 6.92 Å². The summed E-state index contributed by atoms with van der Waals surface area (Å²) >= 11 is 0. The minimum absolute atomic E-state index is 0.0869. The molecule has 1 aromatic carbocycles. The van der Waals surface area contributed by atoms with E-state index in [0.29, 0.717) is 62.0 Å². The van der Waals surface area contributed by atoms with Crippen LogP contribution in [0.1, 0.15) is 96.8 Å². The molecule has 10 nitrogen and oxygen atoms in total. The third-order valence-electron chi connectivity index (χ3n) is 8.09. The van der Waals surface area contributed by atoms with E-state index in [4.69, 9.17) is 18.9 Å². The molecular formula is C34H55N3O7. The molecule has 1 saturated carbocycles. The first kappa shape index (κ1) is 35.5. The van der Waals surface area contributed by atoms with Gasteiger partial charge in [-0.3, -0.25) is 9.59 Å². The molecule has 1 heterocycles. The molecule has 1 aromatic rings. The lowest BCUT2D eigenvalue weighted by atomic mass is 9.93. The number of nitrogens with zero attached hydrogens (tertiary/aromatic N) is 3. The number of rotatable bonds is 15. The summed E-state index contributed by atoms with van der Waals surface area (Å²) < 4.78 is 22.3. The predicted octanol–water partition coefficient (Wildman–Crippen LogP) is 5.77. The molecule has 44 heavy (non-hydrogen) atoms. The van der Waals surface area contributed by atoms with Crippen molar-refractivity contribution in [1.82, 2.24) is 14.7 Å². The first-order valence-corrected chi connectivity index (χ1v) is 16.3. The Kier molecular flexibility index (Phi) is 13.2. The van der Waals surface area contributed by atoms with Crippen LogP contribution < -0.4 is 9.47 Å². The van der Waals surface area contributed by atoms with Crippen LogP contribution in [0.25, 0.3) is 0 Å². The summed E-state index contributed by atoms with van der Waals surface area (Å²) in [5, 5.41) is 0. The molecular weight excluding hydrogens is 562 g/mol. The maximum Gasteiger partial charge on any atom is 0.410 e. The Hall–Kier alpha value is -3.01. The van der Waals surface area contributed by atoms with Gasteiger partial charge in [-0.15, -0.1) is 0 Å². The van der Waals surface area contributed by atoms with Gasteiger partial charge in [0.1, 0.15) is 5.60 Å². The Morgan fingerprint density at radius 3 is 2.34 bits per heavy atom. The topological polar surface area (TPSA) is 97.9 Å². The van der Waals surface area contributed by atoms with E-state index in [1.807, 2.05) is 44.4 Å². The number of carbonyl (C=O) groups excluding carboxylic acids is 3. The highest BCUT2D eigenvalue weighted by molar-refractivity contribution is 5.95. The van der Waals surface area contributed by atoms with Crippen LogP contribution in [0.2, 0.25) is 0 Å². The van der Waals surface area contributed by atoms with Gasteiger partial charge in [0.25, 0.3) is 5.91 Å². The van der Waals surface area contributed by atoms with Crippen molar-refractivity contribution in [1.29, 1.82) is 0 Å². The first-order chi connectivity index (χ1) is 20.9. The minimum atomic E-state index is -0.685. The molecule has 2 atom stereocenters. The van der Waals surface area contributed by atoms with Crippen LogP contribution in [-0.4, -0.2) is 103 Å². The van der Waals surface area contributed by atoms with Gasteiger partial charge in [-0.2, -0.15) is 0 Å². The maximum atomic E-state index is 14.1. The molecule has 1 saturated heterocycles. The fourth-order valence-electron chi connectivity index (χ4n) is 5.80. The van der Waals surface area contributed by atoms with Gasteiger partial charge in [0, 0.05) is 63.8 Å². The van der Waals surface area contributed by atoms with Gasteiger partial charge in [-0.25, -0.2) is 4.79 Å². The first-order valence-electron chi connectivity index (χ1n) is 16.3. The molecule has 0 N–H and O–H groups in total. The second kappa shape index (κ2) is 16.3. The van der Waals surface area contributed by atoms with Gasteiger partial charge < -0.3 is 33.6 Å². The predicted molar refractivity (Wildman–Crippen MR) is 170 cm³/mol. The summed E-state index contributed by atoms with van der Waals surface area (Å²) in [6.07, 6.45) is 5.05. The molecule has 0 bridgehead atoms. The van der Waals surface area contributed by atoms with Crippen LogP contribution >= 0.6 is 0 Å². The highest BCUT2D eigenvalue weighted by atomic mass is 16.6. The largest absolute Gasteiger partial charge is 0.493 e. The van der Waals surface area contributed by atoms with Crippen LogP contribution in [0.5, 0.6) is 11.5 Å². The van der Waals surface area contributed by atoms with Crippen LogP contribution in [0, 0.1) is 5.92 Å². The highest BCUT2D eigenvalue weighted by Crippen LogP contribution is 2.33. The SMILES string of the molecule is CCCN(CC1CC1)C(=O)C[C@@H]1CC[C@@H](N(C(=O)c2ccc(OC)c(OCCCOC)c2)C(C)C)CN1C(=O)OC(C)(C)C. The average molecular weight is 618 g/mol. The number of benzene rings is 1. The van der Waals surface area contributed by atoms with Gasteiger partial charge in [0.05, 0.1) is 19.8 Å². The molecule has 3 rings (SSSR count). The van der Waals surface area contributed by atoms with Gasteiger partial charge >= 0.3 is 6.09 Å². The Morgan fingerprint density at radius 1 is 1.02 bits per heavy atom. The van der Waals surface area contributed by atoms with E-state index in [-0.39, 0.29) is 36.4 Å². The van der Waals surface area contributed by atoms with E-state index in [9.17, 15) is 14.4 Å².